The van der Waals surface area contributed by atoms with Crippen molar-refractivity contribution in [2.45, 2.75) is 6.61 Å². The second kappa shape index (κ2) is 6.31. The van der Waals surface area contributed by atoms with Crippen LogP contribution < -0.4 is 0 Å². The number of hydrogen-bond donors (Lipinski definition) is 1. The summed E-state index contributed by atoms with van der Waals surface area (Å²) >= 11 is 0. The smallest absolute Gasteiger partial charge is 0.359 e. The van der Waals surface area contributed by atoms with Crippen molar-refractivity contribution in [1.29, 1.82) is 0 Å². The molecule has 0 bridgehead atoms. The van der Waals surface area contributed by atoms with Gasteiger partial charge in [-0.15, -0.1) is 0 Å². The highest BCUT2D eigenvalue weighted by Crippen LogP contribution is 2.16. The molecule has 0 atom stereocenters. The maximum Gasteiger partial charge on any atom is 0.359 e. The van der Waals surface area contributed by atoms with E-state index in [4.69, 9.17) is 4.74 Å². The lowest BCUT2D eigenvalue weighted by atomic mass is 10.1. The predicted molar refractivity (Wildman–Crippen MR) is 83.0 cm³/mol. The number of nitrogens with zero attached hydrogens (tertiary/aromatic N) is 1. The van der Waals surface area contributed by atoms with E-state index in [0.717, 1.165) is 16.5 Å². The zero-order valence-corrected chi connectivity index (χ0v) is 12.4. The largest absolute Gasteiger partial charge is 0.465 e. The van der Waals surface area contributed by atoms with E-state index in [9.17, 15) is 9.59 Å². The second-order valence-corrected chi connectivity index (χ2v) is 4.88. The quantitative estimate of drug-likeness (QED) is 0.749. The molecule has 3 aromatic rings. The highest BCUT2D eigenvalue weighted by molar-refractivity contribution is 6.01. The number of nitrogens with one attached hydrogen (secondary N) is 1. The first-order chi connectivity index (χ1) is 11.2. The Morgan fingerprint density at radius 3 is 2.52 bits per heavy atom. The van der Waals surface area contributed by atoms with Gasteiger partial charge < -0.3 is 9.47 Å². The molecule has 1 heterocycles. The number of carbonyl (C=O) groups excluding carboxylic acids is 2. The van der Waals surface area contributed by atoms with Crippen molar-refractivity contribution in [3.05, 3.63) is 65.4 Å². The molecule has 6 heteroatoms. The molecule has 3 rings (SSSR count). The Morgan fingerprint density at radius 2 is 1.78 bits per heavy atom. The van der Waals surface area contributed by atoms with Crippen molar-refractivity contribution in [1.82, 2.24) is 10.2 Å². The summed E-state index contributed by atoms with van der Waals surface area (Å²) in [6.07, 6.45) is 0. The molecule has 2 aromatic carbocycles. The van der Waals surface area contributed by atoms with E-state index < -0.39 is 11.9 Å². The van der Waals surface area contributed by atoms with Gasteiger partial charge in [0.15, 0.2) is 5.69 Å². The molecule has 0 aliphatic rings. The van der Waals surface area contributed by atoms with Crippen LogP contribution in [0.3, 0.4) is 0 Å². The van der Waals surface area contributed by atoms with E-state index in [1.807, 2.05) is 18.2 Å². The van der Waals surface area contributed by atoms with Crippen molar-refractivity contribution in [3.8, 4) is 0 Å². The molecule has 0 aliphatic heterocycles. The van der Waals surface area contributed by atoms with Crippen LogP contribution in [0.5, 0.6) is 0 Å². The Hall–Kier alpha value is -3.15. The number of ether oxygens (including phenoxy) is 2. The molecular formula is C17H14N2O4. The third-order valence-electron chi connectivity index (χ3n) is 3.41. The molecule has 0 spiro atoms. The number of aromatic amines is 1. The van der Waals surface area contributed by atoms with Gasteiger partial charge in [0.05, 0.1) is 18.2 Å². The van der Waals surface area contributed by atoms with Gasteiger partial charge in [0.2, 0.25) is 0 Å². The molecule has 1 N–H and O–H groups in total. The minimum Gasteiger partial charge on any atom is -0.465 e. The normalized spacial score (nSPS) is 10.5. The number of fused-ring (bicyclic) bond motifs is 1. The summed E-state index contributed by atoms with van der Waals surface area (Å²) in [4.78, 5) is 23.5. The minimum atomic E-state index is -0.500. The van der Waals surface area contributed by atoms with Crippen LogP contribution >= 0.6 is 0 Å². The number of carbonyl (C=O) groups is 2. The zero-order chi connectivity index (χ0) is 16.2. The van der Waals surface area contributed by atoms with Crippen LogP contribution in [0.4, 0.5) is 0 Å². The fourth-order valence-corrected chi connectivity index (χ4v) is 2.19. The molecule has 0 radical (unpaired) electrons. The number of methoxy groups -OCH3 is 1. The fraction of sp³-hybridized carbons (Fsp3) is 0.118. The van der Waals surface area contributed by atoms with E-state index in [1.165, 1.54) is 7.11 Å². The Kier molecular flexibility index (Phi) is 4.05. The van der Waals surface area contributed by atoms with Crippen molar-refractivity contribution >= 4 is 22.8 Å². The molecule has 23 heavy (non-hydrogen) atoms. The maximum absolute atomic E-state index is 12.1. The third kappa shape index (κ3) is 3.06. The van der Waals surface area contributed by atoms with Gasteiger partial charge in [0.25, 0.3) is 0 Å². The summed E-state index contributed by atoms with van der Waals surface area (Å²) in [7, 11) is 1.33. The molecule has 116 valence electrons. The summed E-state index contributed by atoms with van der Waals surface area (Å²) in [5.74, 6) is -0.906. The van der Waals surface area contributed by atoms with Crippen LogP contribution in [0.2, 0.25) is 0 Å². The molecular weight excluding hydrogens is 296 g/mol. The minimum absolute atomic E-state index is 0.0987. The highest BCUT2D eigenvalue weighted by atomic mass is 16.5. The standard InChI is InChI=1S/C17H14N2O4/c1-22-16(20)12-8-6-11(7-9-12)10-23-17(21)15-13-4-2-3-5-14(13)18-19-15/h2-9H,10H2,1H3,(H,18,19). The number of H-pyrrole nitrogens is 1. The lowest BCUT2D eigenvalue weighted by molar-refractivity contribution is 0.0466. The lowest BCUT2D eigenvalue weighted by Crippen LogP contribution is -2.07. The molecule has 0 amide bonds. The van der Waals surface area contributed by atoms with Gasteiger partial charge in [-0.1, -0.05) is 30.3 Å². The summed E-state index contributed by atoms with van der Waals surface area (Å²) in [6.45, 7) is 0.0987. The van der Waals surface area contributed by atoms with Crippen LogP contribution in [0.1, 0.15) is 26.4 Å². The van der Waals surface area contributed by atoms with Gasteiger partial charge in [0, 0.05) is 5.39 Å². The molecule has 0 saturated heterocycles. The summed E-state index contributed by atoms with van der Waals surface area (Å²) in [5.41, 5.74) is 2.25. The zero-order valence-electron chi connectivity index (χ0n) is 12.4. The van der Waals surface area contributed by atoms with E-state index in [1.54, 1.807) is 30.3 Å². The first-order valence-electron chi connectivity index (χ1n) is 6.96. The van der Waals surface area contributed by atoms with Gasteiger partial charge >= 0.3 is 11.9 Å². The number of rotatable bonds is 4. The SMILES string of the molecule is COC(=O)c1ccc(COC(=O)c2n[nH]c3ccccc23)cc1. The monoisotopic (exact) mass is 310 g/mol. The Labute approximate surface area is 132 Å². The maximum atomic E-state index is 12.1. The summed E-state index contributed by atoms with van der Waals surface area (Å²) < 4.78 is 9.90. The third-order valence-corrected chi connectivity index (χ3v) is 3.41. The molecule has 0 unspecified atom stereocenters. The van der Waals surface area contributed by atoms with Crippen molar-refractivity contribution in [3.63, 3.8) is 0 Å². The first kappa shape index (κ1) is 14.8. The van der Waals surface area contributed by atoms with Gasteiger partial charge in [-0.3, -0.25) is 5.10 Å². The van der Waals surface area contributed by atoms with Crippen LogP contribution in [0, 0.1) is 0 Å². The number of aromatic nitrogens is 2. The van der Waals surface area contributed by atoms with Crippen LogP contribution in [-0.4, -0.2) is 29.2 Å². The average molecular weight is 310 g/mol. The van der Waals surface area contributed by atoms with Gasteiger partial charge in [-0.2, -0.15) is 5.10 Å². The van der Waals surface area contributed by atoms with Crippen LogP contribution in [0.25, 0.3) is 10.9 Å². The molecule has 0 aliphatic carbocycles. The summed E-state index contributed by atoms with van der Waals surface area (Å²) in [6, 6.07) is 14.0. The first-order valence-corrected chi connectivity index (χ1v) is 6.96. The van der Waals surface area contributed by atoms with Gasteiger partial charge in [-0.25, -0.2) is 9.59 Å². The highest BCUT2D eigenvalue weighted by Gasteiger charge is 2.15. The van der Waals surface area contributed by atoms with E-state index >= 15 is 0 Å². The van der Waals surface area contributed by atoms with E-state index in [-0.39, 0.29) is 12.3 Å². The fourth-order valence-electron chi connectivity index (χ4n) is 2.19. The number of esters is 2. The predicted octanol–water partition coefficient (Wildman–Crippen LogP) is 2.71. The van der Waals surface area contributed by atoms with Gasteiger partial charge in [-0.05, 0) is 23.8 Å². The van der Waals surface area contributed by atoms with Crippen molar-refractivity contribution < 1.29 is 19.1 Å². The van der Waals surface area contributed by atoms with Crippen molar-refractivity contribution in [2.75, 3.05) is 7.11 Å². The molecule has 0 saturated carbocycles. The molecule has 0 fully saturated rings. The lowest BCUT2D eigenvalue weighted by Gasteiger charge is -2.04. The Morgan fingerprint density at radius 1 is 1.04 bits per heavy atom. The Balaban J connectivity index is 1.68. The molecule has 6 nitrogen and oxygen atoms in total. The summed E-state index contributed by atoms with van der Waals surface area (Å²) in [5, 5.41) is 7.51. The number of para-hydroxylation sites is 1. The number of benzene rings is 2. The average Bonchev–Trinajstić information content (AvgIpc) is 3.03. The Bertz CT molecular complexity index is 852. The van der Waals surface area contributed by atoms with Gasteiger partial charge in [0.1, 0.15) is 6.61 Å². The van der Waals surface area contributed by atoms with E-state index in [0.29, 0.717) is 5.56 Å². The second-order valence-electron chi connectivity index (χ2n) is 4.88. The van der Waals surface area contributed by atoms with Crippen LogP contribution in [0.15, 0.2) is 48.5 Å². The molecule has 1 aromatic heterocycles. The van der Waals surface area contributed by atoms with E-state index in [2.05, 4.69) is 14.9 Å². The number of hydrogen-bond acceptors (Lipinski definition) is 5. The van der Waals surface area contributed by atoms with Crippen molar-refractivity contribution in [2.24, 2.45) is 0 Å². The van der Waals surface area contributed by atoms with Crippen LogP contribution in [-0.2, 0) is 16.1 Å². The topological polar surface area (TPSA) is 81.3 Å².